The van der Waals surface area contributed by atoms with Gasteiger partial charge in [0.1, 0.15) is 5.41 Å². The Balaban J connectivity index is 2.58. The number of amides is 1. The molecule has 1 saturated carbocycles. The molecule has 1 fully saturated rings. The van der Waals surface area contributed by atoms with Crippen LogP contribution in [0.15, 0.2) is 0 Å². The van der Waals surface area contributed by atoms with Gasteiger partial charge >= 0.3 is 0 Å². The van der Waals surface area contributed by atoms with E-state index >= 15 is 0 Å². The van der Waals surface area contributed by atoms with Crippen molar-refractivity contribution >= 4 is 5.91 Å². The molecule has 18 heavy (non-hydrogen) atoms. The lowest BCUT2D eigenvalue weighted by atomic mass is 9.86. The maximum Gasteiger partial charge on any atom is 0.243 e. The van der Waals surface area contributed by atoms with E-state index in [0.717, 1.165) is 45.2 Å². The van der Waals surface area contributed by atoms with Crippen LogP contribution < -0.4 is 0 Å². The fraction of sp³-hybridized carbons (Fsp3) is 0.857. The molecule has 1 aliphatic carbocycles. The summed E-state index contributed by atoms with van der Waals surface area (Å²) in [7, 11) is 4.07. The molecule has 4 heteroatoms. The van der Waals surface area contributed by atoms with Crippen molar-refractivity contribution in [3.05, 3.63) is 0 Å². The van der Waals surface area contributed by atoms with Gasteiger partial charge in [-0.2, -0.15) is 5.26 Å². The second-order valence-electron chi connectivity index (χ2n) is 5.44. The Bertz CT molecular complexity index is 313. The van der Waals surface area contributed by atoms with Gasteiger partial charge in [-0.3, -0.25) is 4.79 Å². The van der Waals surface area contributed by atoms with Crippen molar-refractivity contribution in [1.29, 1.82) is 5.26 Å². The molecule has 102 valence electrons. The van der Waals surface area contributed by atoms with E-state index in [4.69, 9.17) is 0 Å². The molecule has 0 aliphatic heterocycles. The lowest BCUT2D eigenvalue weighted by Gasteiger charge is -2.29. The van der Waals surface area contributed by atoms with Gasteiger partial charge in [0.05, 0.1) is 6.07 Å². The Morgan fingerprint density at radius 1 is 1.28 bits per heavy atom. The quantitative estimate of drug-likeness (QED) is 0.724. The third-order valence-corrected chi connectivity index (χ3v) is 3.78. The Hall–Kier alpha value is -1.08. The van der Waals surface area contributed by atoms with E-state index < -0.39 is 5.41 Å². The summed E-state index contributed by atoms with van der Waals surface area (Å²) in [5.74, 6) is 0.0590. The van der Waals surface area contributed by atoms with Crippen molar-refractivity contribution in [1.82, 2.24) is 9.80 Å². The third kappa shape index (κ3) is 3.46. The second-order valence-corrected chi connectivity index (χ2v) is 5.44. The molecule has 0 atom stereocenters. The van der Waals surface area contributed by atoms with Gasteiger partial charge in [0, 0.05) is 13.1 Å². The predicted octanol–water partition coefficient (Wildman–Crippen LogP) is 1.87. The first kappa shape index (κ1) is 15.0. The summed E-state index contributed by atoms with van der Waals surface area (Å²) in [5.41, 5.74) is -0.714. The highest BCUT2D eigenvalue weighted by molar-refractivity contribution is 5.85. The first-order chi connectivity index (χ1) is 8.55. The van der Waals surface area contributed by atoms with Crippen LogP contribution in [0.2, 0.25) is 0 Å². The molecule has 1 rings (SSSR count). The predicted molar refractivity (Wildman–Crippen MR) is 71.9 cm³/mol. The minimum Gasteiger partial charge on any atom is -0.342 e. The summed E-state index contributed by atoms with van der Waals surface area (Å²) in [5, 5.41) is 9.34. The standard InChI is InChI=1S/C14H25N3O/c1-4-17(11-7-10-16(2)3)13(18)14(12-15)8-5-6-9-14/h4-11H2,1-3H3. The van der Waals surface area contributed by atoms with E-state index in [1.807, 2.05) is 25.9 Å². The van der Waals surface area contributed by atoms with Gasteiger partial charge in [-0.25, -0.2) is 0 Å². The zero-order valence-corrected chi connectivity index (χ0v) is 11.9. The number of hydrogen-bond acceptors (Lipinski definition) is 3. The van der Waals surface area contributed by atoms with Gasteiger partial charge in [-0.15, -0.1) is 0 Å². The average Bonchev–Trinajstić information content (AvgIpc) is 2.83. The highest BCUT2D eigenvalue weighted by atomic mass is 16.2. The van der Waals surface area contributed by atoms with Crippen LogP contribution in [-0.2, 0) is 4.79 Å². The van der Waals surface area contributed by atoms with Gasteiger partial charge in [-0.05, 0) is 46.8 Å². The van der Waals surface area contributed by atoms with Gasteiger partial charge < -0.3 is 9.80 Å². The normalized spacial score (nSPS) is 17.7. The monoisotopic (exact) mass is 251 g/mol. The van der Waals surface area contributed by atoms with Crippen LogP contribution in [0.1, 0.15) is 39.0 Å². The number of rotatable bonds is 6. The highest BCUT2D eigenvalue weighted by Crippen LogP contribution is 2.39. The van der Waals surface area contributed by atoms with Crippen molar-refractivity contribution in [3.63, 3.8) is 0 Å². The van der Waals surface area contributed by atoms with E-state index in [1.54, 1.807) is 0 Å². The van der Waals surface area contributed by atoms with Crippen LogP contribution >= 0.6 is 0 Å². The van der Waals surface area contributed by atoms with Crippen molar-refractivity contribution < 1.29 is 4.79 Å². The molecule has 0 saturated heterocycles. The number of nitrogens with zero attached hydrogens (tertiary/aromatic N) is 3. The molecule has 0 unspecified atom stereocenters. The average molecular weight is 251 g/mol. The highest BCUT2D eigenvalue weighted by Gasteiger charge is 2.43. The third-order valence-electron chi connectivity index (χ3n) is 3.78. The zero-order chi connectivity index (χ0) is 13.6. The molecule has 0 spiro atoms. The molecule has 0 N–H and O–H groups in total. The van der Waals surface area contributed by atoms with Crippen molar-refractivity contribution in [2.24, 2.45) is 5.41 Å². The van der Waals surface area contributed by atoms with Crippen molar-refractivity contribution in [2.45, 2.75) is 39.0 Å². The first-order valence-electron chi connectivity index (χ1n) is 6.91. The zero-order valence-electron chi connectivity index (χ0n) is 11.9. The lowest BCUT2D eigenvalue weighted by molar-refractivity contribution is -0.138. The molecule has 1 amide bonds. The fourth-order valence-corrected chi connectivity index (χ4v) is 2.64. The molecule has 1 aliphatic rings. The maximum absolute atomic E-state index is 12.5. The number of carbonyl (C=O) groups is 1. The van der Waals surface area contributed by atoms with Crippen molar-refractivity contribution in [2.75, 3.05) is 33.7 Å². The lowest BCUT2D eigenvalue weighted by Crippen LogP contribution is -2.43. The number of carbonyl (C=O) groups excluding carboxylic acids is 1. The van der Waals surface area contributed by atoms with Crippen molar-refractivity contribution in [3.8, 4) is 6.07 Å². The second kappa shape index (κ2) is 6.75. The molecule has 0 radical (unpaired) electrons. The Labute approximate surface area is 111 Å². The first-order valence-corrected chi connectivity index (χ1v) is 6.91. The molecular formula is C14H25N3O. The van der Waals surface area contributed by atoms with E-state index in [1.165, 1.54) is 0 Å². The molecule has 4 nitrogen and oxygen atoms in total. The summed E-state index contributed by atoms with van der Waals surface area (Å²) in [6.07, 6.45) is 4.47. The van der Waals surface area contributed by atoms with E-state index in [2.05, 4.69) is 11.0 Å². The summed E-state index contributed by atoms with van der Waals surface area (Å²) >= 11 is 0. The summed E-state index contributed by atoms with van der Waals surface area (Å²) < 4.78 is 0. The molecule has 0 aromatic carbocycles. The SMILES string of the molecule is CCN(CCCN(C)C)C(=O)C1(C#N)CCCC1. The Morgan fingerprint density at radius 3 is 2.33 bits per heavy atom. The van der Waals surface area contributed by atoms with E-state index in [-0.39, 0.29) is 5.91 Å². The largest absolute Gasteiger partial charge is 0.342 e. The summed E-state index contributed by atoms with van der Waals surface area (Å²) in [6.45, 7) is 4.43. The number of hydrogen-bond donors (Lipinski definition) is 0. The van der Waals surface area contributed by atoms with Gasteiger partial charge in [0.2, 0.25) is 5.91 Å². The smallest absolute Gasteiger partial charge is 0.243 e. The van der Waals surface area contributed by atoms with Crippen LogP contribution in [0.3, 0.4) is 0 Å². The van der Waals surface area contributed by atoms with Crippen LogP contribution in [0.5, 0.6) is 0 Å². The van der Waals surface area contributed by atoms with Gasteiger partial charge in [0.25, 0.3) is 0 Å². The molecule has 0 aromatic heterocycles. The minimum atomic E-state index is -0.714. The van der Waals surface area contributed by atoms with Crippen LogP contribution in [-0.4, -0.2) is 49.4 Å². The van der Waals surface area contributed by atoms with Gasteiger partial charge in [-0.1, -0.05) is 12.8 Å². The fourth-order valence-electron chi connectivity index (χ4n) is 2.64. The van der Waals surface area contributed by atoms with E-state index in [0.29, 0.717) is 6.54 Å². The van der Waals surface area contributed by atoms with E-state index in [9.17, 15) is 10.1 Å². The molecule has 0 aromatic rings. The summed E-state index contributed by atoms with van der Waals surface area (Å²) in [6, 6.07) is 2.29. The van der Waals surface area contributed by atoms with Gasteiger partial charge in [0.15, 0.2) is 0 Å². The summed E-state index contributed by atoms with van der Waals surface area (Å²) in [4.78, 5) is 16.5. The molecule has 0 bridgehead atoms. The maximum atomic E-state index is 12.5. The van der Waals surface area contributed by atoms with Crippen LogP contribution in [0.4, 0.5) is 0 Å². The van der Waals surface area contributed by atoms with Crippen LogP contribution in [0.25, 0.3) is 0 Å². The Kier molecular flexibility index (Phi) is 5.61. The minimum absolute atomic E-state index is 0.0590. The Morgan fingerprint density at radius 2 is 1.89 bits per heavy atom. The molecular weight excluding hydrogens is 226 g/mol. The molecule has 0 heterocycles. The van der Waals surface area contributed by atoms with Crippen LogP contribution in [0, 0.1) is 16.7 Å². The topological polar surface area (TPSA) is 47.3 Å². The number of nitriles is 1.